The second-order valence-corrected chi connectivity index (χ2v) is 4.93. The molecule has 76 valence electrons. The van der Waals surface area contributed by atoms with Crippen LogP contribution in [0.5, 0.6) is 0 Å². The van der Waals surface area contributed by atoms with Crippen molar-refractivity contribution in [3.05, 3.63) is 0 Å². The number of hydrogen-bond donors (Lipinski definition) is 2. The Bertz CT molecular complexity index is 157. The highest BCUT2D eigenvalue weighted by Gasteiger charge is 2.29. The highest BCUT2D eigenvalue weighted by atomic mass is 15.0. The van der Waals surface area contributed by atoms with Gasteiger partial charge in [-0.15, -0.1) is 0 Å². The Morgan fingerprint density at radius 1 is 1.23 bits per heavy atom. The van der Waals surface area contributed by atoms with Crippen LogP contribution in [-0.2, 0) is 0 Å². The third-order valence-electron chi connectivity index (χ3n) is 3.78. The zero-order valence-electron chi connectivity index (χ0n) is 8.63. The van der Waals surface area contributed by atoms with E-state index in [4.69, 9.17) is 5.73 Å². The number of rotatable bonds is 3. The third kappa shape index (κ3) is 2.23. The van der Waals surface area contributed by atoms with Gasteiger partial charge in [-0.25, -0.2) is 0 Å². The van der Waals surface area contributed by atoms with E-state index in [1.807, 2.05) is 0 Å². The van der Waals surface area contributed by atoms with Gasteiger partial charge in [-0.3, -0.25) is 0 Å². The summed E-state index contributed by atoms with van der Waals surface area (Å²) in [4.78, 5) is 0. The highest BCUT2D eigenvalue weighted by molar-refractivity contribution is 4.90. The molecule has 2 rings (SSSR count). The Balaban J connectivity index is 1.68. The first kappa shape index (κ1) is 9.47. The van der Waals surface area contributed by atoms with E-state index in [0.717, 1.165) is 18.0 Å². The molecule has 0 aliphatic heterocycles. The van der Waals surface area contributed by atoms with Crippen molar-refractivity contribution >= 4 is 0 Å². The van der Waals surface area contributed by atoms with Crippen LogP contribution < -0.4 is 11.1 Å². The van der Waals surface area contributed by atoms with Crippen molar-refractivity contribution in [2.75, 3.05) is 0 Å². The smallest absolute Gasteiger partial charge is 0.00991 e. The summed E-state index contributed by atoms with van der Waals surface area (Å²) in [5.74, 6) is 0.942. The maximum Gasteiger partial charge on any atom is 0.00991 e. The van der Waals surface area contributed by atoms with Gasteiger partial charge in [0.25, 0.3) is 0 Å². The quantitative estimate of drug-likeness (QED) is 0.696. The lowest BCUT2D eigenvalue weighted by molar-refractivity contribution is 0.240. The fourth-order valence-electron chi connectivity index (χ4n) is 2.76. The van der Waals surface area contributed by atoms with Crippen LogP contribution >= 0.6 is 0 Å². The normalized spacial score (nSPS) is 37.4. The molecule has 1 atom stereocenters. The SMILES string of the molecule is C[C@@H](NC1CC(N)C1)C1CCCC1. The molecule has 2 heteroatoms. The highest BCUT2D eigenvalue weighted by Crippen LogP contribution is 2.29. The molecular weight excluding hydrogens is 160 g/mol. The average Bonchev–Trinajstić information content (AvgIpc) is 2.53. The van der Waals surface area contributed by atoms with Crippen molar-refractivity contribution in [1.82, 2.24) is 5.32 Å². The van der Waals surface area contributed by atoms with Crippen LogP contribution in [0.15, 0.2) is 0 Å². The minimum atomic E-state index is 0.480. The Kier molecular flexibility index (Phi) is 2.89. The molecule has 0 amide bonds. The van der Waals surface area contributed by atoms with Crippen LogP contribution in [0.2, 0.25) is 0 Å². The van der Waals surface area contributed by atoms with Gasteiger partial charge in [-0.2, -0.15) is 0 Å². The summed E-state index contributed by atoms with van der Waals surface area (Å²) in [6.07, 6.45) is 8.15. The van der Waals surface area contributed by atoms with E-state index >= 15 is 0 Å². The molecule has 0 saturated heterocycles. The Morgan fingerprint density at radius 3 is 2.38 bits per heavy atom. The number of nitrogens with two attached hydrogens (primary N) is 1. The zero-order chi connectivity index (χ0) is 9.26. The minimum Gasteiger partial charge on any atom is -0.328 e. The lowest BCUT2D eigenvalue weighted by Crippen LogP contribution is -2.52. The lowest BCUT2D eigenvalue weighted by Gasteiger charge is -2.37. The van der Waals surface area contributed by atoms with Crippen LogP contribution in [0.1, 0.15) is 45.4 Å². The van der Waals surface area contributed by atoms with Gasteiger partial charge >= 0.3 is 0 Å². The lowest BCUT2D eigenvalue weighted by atomic mass is 9.86. The molecule has 0 aromatic heterocycles. The molecule has 2 nitrogen and oxygen atoms in total. The van der Waals surface area contributed by atoms with Crippen LogP contribution in [-0.4, -0.2) is 18.1 Å². The molecule has 0 radical (unpaired) electrons. The molecule has 3 N–H and O–H groups in total. The summed E-state index contributed by atoms with van der Waals surface area (Å²) in [5, 5.41) is 3.71. The van der Waals surface area contributed by atoms with Crippen molar-refractivity contribution in [3.63, 3.8) is 0 Å². The average molecular weight is 182 g/mol. The molecule has 0 heterocycles. The van der Waals surface area contributed by atoms with Gasteiger partial charge in [0.1, 0.15) is 0 Å². The largest absolute Gasteiger partial charge is 0.328 e. The van der Waals surface area contributed by atoms with Crippen molar-refractivity contribution in [2.45, 2.75) is 63.6 Å². The van der Waals surface area contributed by atoms with Crippen molar-refractivity contribution in [2.24, 2.45) is 11.7 Å². The molecule has 0 bridgehead atoms. The van der Waals surface area contributed by atoms with Crippen LogP contribution in [0.4, 0.5) is 0 Å². The predicted octanol–water partition coefficient (Wildman–Crippen LogP) is 1.64. The topological polar surface area (TPSA) is 38.0 Å². The predicted molar refractivity (Wildman–Crippen MR) is 55.6 cm³/mol. The van der Waals surface area contributed by atoms with Gasteiger partial charge in [0, 0.05) is 18.1 Å². The standard InChI is InChI=1S/C11H22N2/c1-8(9-4-2-3-5-9)13-11-6-10(12)7-11/h8-11,13H,2-7,12H2,1H3/t8-,10?,11?/m1/s1. The Labute approximate surface area is 81.3 Å². The van der Waals surface area contributed by atoms with Crippen molar-refractivity contribution in [3.8, 4) is 0 Å². The second kappa shape index (κ2) is 3.97. The summed E-state index contributed by atoms with van der Waals surface area (Å²) in [7, 11) is 0. The summed E-state index contributed by atoms with van der Waals surface area (Å²) >= 11 is 0. The van der Waals surface area contributed by atoms with E-state index in [0.29, 0.717) is 6.04 Å². The van der Waals surface area contributed by atoms with Crippen LogP contribution in [0.25, 0.3) is 0 Å². The fraction of sp³-hybridized carbons (Fsp3) is 1.00. The van der Waals surface area contributed by atoms with E-state index in [9.17, 15) is 0 Å². The molecule has 2 fully saturated rings. The van der Waals surface area contributed by atoms with E-state index in [2.05, 4.69) is 12.2 Å². The molecule has 0 aromatic rings. The fourth-order valence-corrected chi connectivity index (χ4v) is 2.76. The Hall–Kier alpha value is -0.0800. The minimum absolute atomic E-state index is 0.480. The van der Waals surface area contributed by atoms with Gasteiger partial charge in [-0.1, -0.05) is 12.8 Å². The first-order valence-electron chi connectivity index (χ1n) is 5.77. The molecular formula is C11H22N2. The first-order valence-corrected chi connectivity index (χ1v) is 5.77. The second-order valence-electron chi connectivity index (χ2n) is 4.93. The maximum absolute atomic E-state index is 5.76. The summed E-state index contributed by atoms with van der Waals surface area (Å²) < 4.78 is 0. The summed E-state index contributed by atoms with van der Waals surface area (Å²) in [5.41, 5.74) is 5.76. The van der Waals surface area contributed by atoms with Gasteiger partial charge < -0.3 is 11.1 Å². The molecule has 2 saturated carbocycles. The number of nitrogens with one attached hydrogen (secondary N) is 1. The van der Waals surface area contributed by atoms with E-state index in [1.54, 1.807) is 0 Å². The molecule has 2 aliphatic rings. The zero-order valence-corrected chi connectivity index (χ0v) is 8.63. The van der Waals surface area contributed by atoms with Crippen molar-refractivity contribution < 1.29 is 0 Å². The van der Waals surface area contributed by atoms with Gasteiger partial charge in [0.05, 0.1) is 0 Å². The Morgan fingerprint density at radius 2 is 1.85 bits per heavy atom. The van der Waals surface area contributed by atoms with E-state index in [-0.39, 0.29) is 0 Å². The molecule has 0 aromatic carbocycles. The van der Waals surface area contributed by atoms with Gasteiger partial charge in [0.2, 0.25) is 0 Å². The molecule has 0 unspecified atom stereocenters. The van der Waals surface area contributed by atoms with E-state index < -0.39 is 0 Å². The summed E-state index contributed by atoms with van der Waals surface area (Å²) in [6.45, 7) is 2.35. The first-order chi connectivity index (χ1) is 6.25. The van der Waals surface area contributed by atoms with E-state index in [1.165, 1.54) is 38.5 Å². The van der Waals surface area contributed by atoms with Crippen LogP contribution in [0.3, 0.4) is 0 Å². The molecule has 13 heavy (non-hydrogen) atoms. The summed E-state index contributed by atoms with van der Waals surface area (Å²) in [6, 6.07) is 1.93. The van der Waals surface area contributed by atoms with Crippen LogP contribution in [0, 0.1) is 5.92 Å². The number of hydrogen-bond acceptors (Lipinski definition) is 2. The molecule has 2 aliphatic carbocycles. The monoisotopic (exact) mass is 182 g/mol. The van der Waals surface area contributed by atoms with Gasteiger partial charge in [0.15, 0.2) is 0 Å². The van der Waals surface area contributed by atoms with Crippen molar-refractivity contribution in [1.29, 1.82) is 0 Å². The molecule has 0 spiro atoms. The third-order valence-corrected chi connectivity index (χ3v) is 3.78. The maximum atomic E-state index is 5.76. The van der Waals surface area contributed by atoms with Gasteiger partial charge in [-0.05, 0) is 38.5 Å².